The average molecular weight is 441 g/mol. The third-order valence-electron chi connectivity index (χ3n) is 6.17. The maximum atomic E-state index is 10.1. The second-order valence-corrected chi connectivity index (χ2v) is 8.98. The van der Waals surface area contributed by atoms with Crippen molar-refractivity contribution in [2.45, 2.75) is 25.9 Å². The first-order valence-corrected chi connectivity index (χ1v) is 11.3. The second-order valence-electron chi connectivity index (χ2n) is 8.98. The highest BCUT2D eigenvalue weighted by Gasteiger charge is 2.23. The summed E-state index contributed by atoms with van der Waals surface area (Å²) in [7, 11) is 0. The zero-order valence-corrected chi connectivity index (χ0v) is 19.0. The smallest absolute Gasteiger partial charge is 0.225 e. The van der Waals surface area contributed by atoms with Gasteiger partial charge >= 0.3 is 0 Å². The molecule has 0 radical (unpaired) electrons. The van der Waals surface area contributed by atoms with Gasteiger partial charge in [-0.3, -0.25) is 0 Å². The van der Waals surface area contributed by atoms with Crippen LogP contribution < -0.4 is 9.80 Å². The number of hydrogen-bond acceptors (Lipinski definition) is 7. The van der Waals surface area contributed by atoms with Crippen molar-refractivity contribution >= 4 is 22.5 Å². The molecule has 0 bridgehead atoms. The van der Waals surface area contributed by atoms with Crippen LogP contribution in [0.4, 0.5) is 11.8 Å². The molecule has 1 fully saturated rings. The van der Waals surface area contributed by atoms with E-state index in [2.05, 4.69) is 78.5 Å². The van der Waals surface area contributed by atoms with Crippen LogP contribution in [0.3, 0.4) is 0 Å². The van der Waals surface area contributed by atoms with E-state index in [9.17, 15) is 5.11 Å². The molecule has 1 N–H and O–H groups in total. The topological polar surface area (TPSA) is 78.3 Å². The Labute approximate surface area is 193 Å². The summed E-state index contributed by atoms with van der Waals surface area (Å²) in [5.74, 6) is 1.62. The summed E-state index contributed by atoms with van der Waals surface area (Å²) in [5, 5.41) is 21.7. The standard InChI is InChI=1S/C26H28N6O/c1-26(2,33)20-17-27-25(28-18-20)32-14-12-31(13-15-32)24-22-11-7-6-10-21(22)23(29-30-24)16-19-8-4-3-5-9-19/h3-11,17-18,33H,12-16H2,1-2H3. The van der Waals surface area contributed by atoms with Crippen LogP contribution in [0.25, 0.3) is 10.8 Å². The molecular weight excluding hydrogens is 412 g/mol. The molecule has 1 saturated heterocycles. The minimum Gasteiger partial charge on any atom is -0.386 e. The van der Waals surface area contributed by atoms with Crippen LogP contribution in [0, 0.1) is 0 Å². The van der Waals surface area contributed by atoms with Gasteiger partial charge in [0.25, 0.3) is 0 Å². The van der Waals surface area contributed by atoms with Gasteiger partial charge in [-0.05, 0) is 19.4 Å². The van der Waals surface area contributed by atoms with Crippen LogP contribution in [0.15, 0.2) is 67.0 Å². The van der Waals surface area contributed by atoms with Gasteiger partial charge in [0.15, 0.2) is 5.82 Å². The molecule has 7 nitrogen and oxygen atoms in total. The summed E-state index contributed by atoms with van der Waals surface area (Å²) in [6, 6.07) is 18.8. The van der Waals surface area contributed by atoms with Crippen LogP contribution in [0.2, 0.25) is 0 Å². The van der Waals surface area contributed by atoms with Crippen LogP contribution >= 0.6 is 0 Å². The van der Waals surface area contributed by atoms with E-state index in [4.69, 9.17) is 0 Å². The van der Waals surface area contributed by atoms with Crippen molar-refractivity contribution in [1.82, 2.24) is 20.2 Å². The Morgan fingerprint density at radius 3 is 2.06 bits per heavy atom. The molecule has 0 spiro atoms. The van der Waals surface area contributed by atoms with E-state index < -0.39 is 5.60 Å². The molecule has 2 aromatic carbocycles. The van der Waals surface area contributed by atoms with E-state index in [0.717, 1.165) is 54.9 Å². The molecule has 1 aliphatic heterocycles. The molecule has 0 unspecified atom stereocenters. The van der Waals surface area contributed by atoms with E-state index in [1.165, 1.54) is 5.56 Å². The second kappa shape index (κ2) is 8.75. The van der Waals surface area contributed by atoms with Crippen LogP contribution in [0.5, 0.6) is 0 Å². The first-order chi connectivity index (χ1) is 16.0. The predicted molar refractivity (Wildman–Crippen MR) is 130 cm³/mol. The van der Waals surface area contributed by atoms with E-state index in [1.807, 2.05) is 6.07 Å². The lowest BCUT2D eigenvalue weighted by atomic mass is 10.0. The molecule has 0 amide bonds. The largest absolute Gasteiger partial charge is 0.386 e. The van der Waals surface area contributed by atoms with Gasteiger partial charge in [0, 0.05) is 61.3 Å². The lowest BCUT2D eigenvalue weighted by molar-refractivity contribution is 0.0778. The average Bonchev–Trinajstić information content (AvgIpc) is 2.85. The van der Waals surface area contributed by atoms with Gasteiger partial charge in [0.05, 0.1) is 11.3 Å². The first-order valence-electron chi connectivity index (χ1n) is 11.3. The number of fused-ring (bicyclic) bond motifs is 1. The SMILES string of the molecule is CC(C)(O)c1cnc(N2CCN(c3nnc(Cc4ccccc4)c4ccccc34)CC2)nc1. The van der Waals surface area contributed by atoms with Crippen LogP contribution in [0.1, 0.15) is 30.7 Å². The summed E-state index contributed by atoms with van der Waals surface area (Å²) < 4.78 is 0. The van der Waals surface area contributed by atoms with Crippen LogP contribution in [-0.2, 0) is 12.0 Å². The maximum Gasteiger partial charge on any atom is 0.225 e. The Balaban J connectivity index is 1.34. The normalized spacial score (nSPS) is 14.6. The molecular formula is C26H28N6O. The molecule has 33 heavy (non-hydrogen) atoms. The quantitative estimate of drug-likeness (QED) is 0.508. The number of hydrogen-bond donors (Lipinski definition) is 1. The minimum absolute atomic E-state index is 0.691. The summed E-state index contributed by atoms with van der Waals surface area (Å²) in [4.78, 5) is 13.4. The third kappa shape index (κ3) is 4.50. The minimum atomic E-state index is -0.941. The van der Waals surface area contributed by atoms with E-state index >= 15 is 0 Å². The third-order valence-corrected chi connectivity index (χ3v) is 6.17. The lowest BCUT2D eigenvalue weighted by Crippen LogP contribution is -2.47. The molecule has 7 heteroatoms. The van der Waals surface area contributed by atoms with Crippen molar-refractivity contribution in [3.05, 3.63) is 83.8 Å². The summed E-state index contributed by atoms with van der Waals surface area (Å²) in [6.07, 6.45) is 4.18. The number of nitrogens with zero attached hydrogens (tertiary/aromatic N) is 6. The molecule has 0 atom stereocenters. The van der Waals surface area contributed by atoms with Gasteiger partial charge in [-0.25, -0.2) is 9.97 Å². The number of aliphatic hydroxyl groups is 1. The lowest BCUT2D eigenvalue weighted by Gasteiger charge is -2.35. The van der Waals surface area contributed by atoms with E-state index in [1.54, 1.807) is 26.2 Å². The molecule has 0 aliphatic carbocycles. The van der Waals surface area contributed by atoms with Crippen molar-refractivity contribution in [2.75, 3.05) is 36.0 Å². The van der Waals surface area contributed by atoms with Gasteiger partial charge in [-0.15, -0.1) is 5.10 Å². The monoisotopic (exact) mass is 440 g/mol. The Kier molecular flexibility index (Phi) is 5.64. The molecule has 3 heterocycles. The summed E-state index contributed by atoms with van der Waals surface area (Å²) in [6.45, 7) is 6.69. The van der Waals surface area contributed by atoms with Crippen molar-refractivity contribution in [3.63, 3.8) is 0 Å². The first kappa shape index (κ1) is 21.3. The number of piperazine rings is 1. The zero-order chi connectivity index (χ0) is 22.8. The van der Waals surface area contributed by atoms with E-state index in [0.29, 0.717) is 11.5 Å². The van der Waals surface area contributed by atoms with Gasteiger partial charge in [0.1, 0.15) is 0 Å². The van der Waals surface area contributed by atoms with Crippen molar-refractivity contribution < 1.29 is 5.11 Å². The fourth-order valence-corrected chi connectivity index (χ4v) is 4.22. The highest BCUT2D eigenvalue weighted by atomic mass is 16.3. The molecule has 1 aliphatic rings. The Morgan fingerprint density at radius 1 is 0.788 bits per heavy atom. The molecule has 2 aromatic heterocycles. The fourth-order valence-electron chi connectivity index (χ4n) is 4.22. The van der Waals surface area contributed by atoms with Crippen molar-refractivity contribution in [3.8, 4) is 0 Å². The Morgan fingerprint density at radius 2 is 1.39 bits per heavy atom. The summed E-state index contributed by atoms with van der Waals surface area (Å²) in [5.41, 5.74) is 2.00. The van der Waals surface area contributed by atoms with Gasteiger partial charge in [0.2, 0.25) is 5.95 Å². The highest BCUT2D eigenvalue weighted by Crippen LogP contribution is 2.28. The molecule has 0 saturated carbocycles. The number of anilines is 2. The molecule has 168 valence electrons. The Bertz CT molecular complexity index is 1230. The van der Waals surface area contributed by atoms with Gasteiger partial charge in [-0.1, -0.05) is 54.6 Å². The van der Waals surface area contributed by atoms with Crippen LogP contribution in [-0.4, -0.2) is 51.5 Å². The maximum absolute atomic E-state index is 10.1. The van der Waals surface area contributed by atoms with E-state index in [-0.39, 0.29) is 0 Å². The summed E-state index contributed by atoms with van der Waals surface area (Å²) >= 11 is 0. The Hall–Kier alpha value is -3.58. The highest BCUT2D eigenvalue weighted by molar-refractivity contribution is 5.93. The number of benzene rings is 2. The number of aromatic nitrogens is 4. The molecule has 4 aromatic rings. The van der Waals surface area contributed by atoms with Crippen molar-refractivity contribution in [1.29, 1.82) is 0 Å². The zero-order valence-electron chi connectivity index (χ0n) is 19.0. The number of rotatable bonds is 5. The molecule has 5 rings (SSSR count). The van der Waals surface area contributed by atoms with Gasteiger partial charge < -0.3 is 14.9 Å². The van der Waals surface area contributed by atoms with Gasteiger partial charge in [-0.2, -0.15) is 5.10 Å². The fraction of sp³-hybridized carbons (Fsp3) is 0.308. The van der Waals surface area contributed by atoms with Crippen molar-refractivity contribution in [2.24, 2.45) is 0 Å². The predicted octanol–water partition coefficient (Wildman–Crippen LogP) is 3.56.